The highest BCUT2D eigenvalue weighted by atomic mass is 16.4. The third-order valence-electron chi connectivity index (χ3n) is 6.47. The molecule has 3 fully saturated rings. The lowest BCUT2D eigenvalue weighted by molar-refractivity contribution is -0.163. The summed E-state index contributed by atoms with van der Waals surface area (Å²) < 4.78 is 0. The number of carbonyl (C=O) groups is 1. The second-order valence-electron chi connectivity index (χ2n) is 7.31. The number of hydrogen-bond donors (Lipinski definition) is 2. The second-order valence-corrected chi connectivity index (χ2v) is 7.31. The van der Waals surface area contributed by atoms with Crippen LogP contribution in [0.4, 0.5) is 5.82 Å². The average molecular weight is 289 g/mol. The van der Waals surface area contributed by atoms with Crippen LogP contribution in [-0.4, -0.2) is 33.4 Å². The summed E-state index contributed by atoms with van der Waals surface area (Å²) in [5.41, 5.74) is 0.355. The summed E-state index contributed by atoms with van der Waals surface area (Å²) in [5, 5.41) is 17.4. The average Bonchev–Trinajstić information content (AvgIpc) is 2.96. The molecule has 0 radical (unpaired) electrons. The van der Waals surface area contributed by atoms with Gasteiger partial charge in [-0.1, -0.05) is 0 Å². The van der Waals surface area contributed by atoms with Crippen molar-refractivity contribution in [3.63, 3.8) is 0 Å². The molecule has 5 rings (SSSR count). The fourth-order valence-electron chi connectivity index (χ4n) is 5.24. The number of aliphatic carboxylic acids is 1. The van der Waals surface area contributed by atoms with Gasteiger partial charge in [0.05, 0.1) is 17.2 Å². The number of nitrogens with zero attached hydrogens (tertiary/aromatic N) is 2. The number of aryl methyl sites for hydroxylation is 1. The van der Waals surface area contributed by atoms with Gasteiger partial charge in [0.15, 0.2) is 0 Å². The third kappa shape index (κ3) is 1.57. The van der Waals surface area contributed by atoms with Gasteiger partial charge in [0.1, 0.15) is 5.82 Å². The Labute approximate surface area is 124 Å². The molecule has 0 amide bonds. The SMILES string of the molecule is CC1(N2CCCc3cn[nH]c32)CC2CCC1(C(=O)O)CC2. The fraction of sp³-hybridized carbons (Fsp3) is 0.750. The molecule has 1 aliphatic heterocycles. The molecule has 21 heavy (non-hydrogen) atoms. The summed E-state index contributed by atoms with van der Waals surface area (Å²) in [6.45, 7) is 3.12. The van der Waals surface area contributed by atoms with Crippen molar-refractivity contribution in [1.29, 1.82) is 0 Å². The third-order valence-corrected chi connectivity index (χ3v) is 6.47. The topological polar surface area (TPSA) is 69.2 Å². The van der Waals surface area contributed by atoms with E-state index < -0.39 is 11.4 Å². The Morgan fingerprint density at radius 3 is 2.95 bits per heavy atom. The molecule has 3 saturated carbocycles. The van der Waals surface area contributed by atoms with E-state index in [0.29, 0.717) is 5.92 Å². The number of carboxylic acid groups (broad SMARTS) is 1. The molecular formula is C16H23N3O2. The molecule has 3 aliphatic carbocycles. The minimum atomic E-state index is -0.602. The van der Waals surface area contributed by atoms with Gasteiger partial charge in [-0.05, 0) is 57.8 Å². The van der Waals surface area contributed by atoms with Crippen molar-refractivity contribution in [2.45, 2.75) is 57.4 Å². The summed E-state index contributed by atoms with van der Waals surface area (Å²) in [6, 6.07) is 0. The predicted octanol–water partition coefficient (Wildman–Crippen LogP) is 2.59. The van der Waals surface area contributed by atoms with Crippen molar-refractivity contribution in [2.75, 3.05) is 11.4 Å². The first-order valence-electron chi connectivity index (χ1n) is 8.10. The monoisotopic (exact) mass is 289 g/mol. The van der Waals surface area contributed by atoms with Crippen LogP contribution in [0.25, 0.3) is 0 Å². The molecule has 2 heterocycles. The molecule has 2 bridgehead atoms. The van der Waals surface area contributed by atoms with E-state index in [1.54, 1.807) is 0 Å². The summed E-state index contributed by atoms with van der Waals surface area (Å²) in [7, 11) is 0. The van der Waals surface area contributed by atoms with Gasteiger partial charge in [0, 0.05) is 12.1 Å². The highest BCUT2D eigenvalue weighted by Crippen LogP contribution is 2.59. The molecule has 5 nitrogen and oxygen atoms in total. The Kier molecular flexibility index (Phi) is 2.66. The van der Waals surface area contributed by atoms with Gasteiger partial charge in [-0.25, -0.2) is 0 Å². The van der Waals surface area contributed by atoms with E-state index in [-0.39, 0.29) is 5.54 Å². The number of carboxylic acids is 1. The number of anilines is 1. The molecule has 4 aliphatic rings. The van der Waals surface area contributed by atoms with Crippen LogP contribution in [0.3, 0.4) is 0 Å². The lowest BCUT2D eigenvalue weighted by Crippen LogP contribution is -2.67. The van der Waals surface area contributed by atoms with Crippen molar-refractivity contribution in [3.05, 3.63) is 11.8 Å². The van der Waals surface area contributed by atoms with Crippen LogP contribution in [-0.2, 0) is 11.2 Å². The Hall–Kier alpha value is -1.52. The molecule has 2 N–H and O–H groups in total. The molecule has 1 aromatic heterocycles. The van der Waals surface area contributed by atoms with E-state index in [2.05, 4.69) is 22.0 Å². The Morgan fingerprint density at radius 2 is 2.24 bits per heavy atom. The van der Waals surface area contributed by atoms with Gasteiger partial charge in [0.2, 0.25) is 0 Å². The smallest absolute Gasteiger partial charge is 0.312 e. The predicted molar refractivity (Wildman–Crippen MR) is 79.3 cm³/mol. The van der Waals surface area contributed by atoms with Gasteiger partial charge in [-0.15, -0.1) is 0 Å². The van der Waals surface area contributed by atoms with Gasteiger partial charge >= 0.3 is 5.97 Å². The number of aromatic amines is 1. The van der Waals surface area contributed by atoms with Crippen molar-refractivity contribution in [1.82, 2.24) is 10.2 Å². The zero-order valence-corrected chi connectivity index (χ0v) is 12.6. The zero-order valence-electron chi connectivity index (χ0n) is 12.6. The summed E-state index contributed by atoms with van der Waals surface area (Å²) in [6.07, 6.45) is 8.83. The number of nitrogens with one attached hydrogen (secondary N) is 1. The normalized spacial score (nSPS) is 38.3. The van der Waals surface area contributed by atoms with Crippen molar-refractivity contribution in [3.8, 4) is 0 Å². The minimum Gasteiger partial charge on any atom is -0.481 e. The van der Waals surface area contributed by atoms with E-state index in [1.165, 1.54) is 5.56 Å². The Balaban J connectivity index is 1.81. The van der Waals surface area contributed by atoms with Crippen LogP contribution in [0.2, 0.25) is 0 Å². The largest absolute Gasteiger partial charge is 0.481 e. The number of hydrogen-bond acceptors (Lipinski definition) is 3. The number of rotatable bonds is 2. The van der Waals surface area contributed by atoms with Crippen LogP contribution in [0.5, 0.6) is 0 Å². The molecule has 114 valence electrons. The van der Waals surface area contributed by atoms with Crippen LogP contribution < -0.4 is 4.90 Å². The molecule has 1 atom stereocenters. The molecule has 0 aromatic carbocycles. The number of aromatic nitrogens is 2. The van der Waals surface area contributed by atoms with Crippen LogP contribution in [0, 0.1) is 11.3 Å². The quantitative estimate of drug-likeness (QED) is 0.878. The van der Waals surface area contributed by atoms with Gasteiger partial charge in [0.25, 0.3) is 0 Å². The highest BCUT2D eigenvalue weighted by Gasteiger charge is 2.62. The molecule has 0 saturated heterocycles. The first-order valence-corrected chi connectivity index (χ1v) is 8.10. The molecule has 1 unspecified atom stereocenters. The fourth-order valence-corrected chi connectivity index (χ4v) is 5.24. The van der Waals surface area contributed by atoms with E-state index >= 15 is 0 Å². The molecule has 1 aromatic rings. The zero-order chi connectivity index (χ0) is 14.7. The Morgan fingerprint density at radius 1 is 1.48 bits per heavy atom. The summed E-state index contributed by atoms with van der Waals surface area (Å²) in [5.74, 6) is 1.15. The van der Waals surface area contributed by atoms with E-state index in [1.807, 2.05) is 6.20 Å². The molecular weight excluding hydrogens is 266 g/mol. The standard InChI is InChI=1S/C16H23N3O2/c1-15(19-8-2-3-12-10-17-18-13(12)19)9-11-4-6-16(15,7-5-11)14(20)21/h10-11H,2-9H2,1H3,(H,17,18)(H,20,21). The molecule has 0 spiro atoms. The van der Waals surface area contributed by atoms with Crippen molar-refractivity contribution in [2.24, 2.45) is 11.3 Å². The van der Waals surface area contributed by atoms with Crippen LogP contribution >= 0.6 is 0 Å². The second kappa shape index (κ2) is 4.24. The summed E-state index contributed by atoms with van der Waals surface area (Å²) in [4.78, 5) is 14.5. The van der Waals surface area contributed by atoms with Crippen molar-refractivity contribution >= 4 is 11.8 Å². The van der Waals surface area contributed by atoms with Crippen LogP contribution in [0.15, 0.2) is 6.20 Å². The first kappa shape index (κ1) is 13.2. The highest BCUT2D eigenvalue weighted by molar-refractivity contribution is 5.78. The minimum absolute atomic E-state index is 0.290. The maximum atomic E-state index is 12.2. The van der Waals surface area contributed by atoms with Gasteiger partial charge in [-0.2, -0.15) is 5.10 Å². The number of H-pyrrole nitrogens is 1. The van der Waals surface area contributed by atoms with E-state index in [0.717, 1.165) is 57.3 Å². The van der Waals surface area contributed by atoms with Gasteiger partial charge < -0.3 is 10.0 Å². The van der Waals surface area contributed by atoms with Gasteiger partial charge in [-0.3, -0.25) is 9.89 Å². The first-order chi connectivity index (χ1) is 10.1. The summed E-state index contributed by atoms with van der Waals surface area (Å²) >= 11 is 0. The Bertz CT molecular complexity index is 574. The van der Waals surface area contributed by atoms with E-state index in [9.17, 15) is 9.90 Å². The van der Waals surface area contributed by atoms with Crippen LogP contribution in [0.1, 0.15) is 51.0 Å². The van der Waals surface area contributed by atoms with Crippen molar-refractivity contribution < 1.29 is 9.90 Å². The lowest BCUT2D eigenvalue weighted by Gasteiger charge is -2.61. The lowest BCUT2D eigenvalue weighted by atomic mass is 9.51. The van der Waals surface area contributed by atoms with E-state index in [4.69, 9.17) is 0 Å². The molecule has 5 heteroatoms. The maximum absolute atomic E-state index is 12.2. The number of fused-ring (bicyclic) bond motifs is 4. The maximum Gasteiger partial charge on any atom is 0.312 e.